The van der Waals surface area contributed by atoms with Crippen molar-refractivity contribution >= 4 is 32.4 Å². The highest BCUT2D eigenvalue weighted by molar-refractivity contribution is 8.02. The molecule has 0 saturated heterocycles. The van der Waals surface area contributed by atoms with Crippen molar-refractivity contribution in [1.82, 2.24) is 0 Å². The van der Waals surface area contributed by atoms with Crippen LogP contribution in [0.1, 0.15) is 5.56 Å². The number of thioether (sulfide) groups is 1. The standard InChI is InChI=1S/C11H10FS3/c1-7-10(14-15-11(7)13-2)8-3-5-9(12)6-4-8/h3-6H,1-2H3/q+1. The fourth-order valence-corrected chi connectivity index (χ4v) is 5.44. The van der Waals surface area contributed by atoms with E-state index in [1.807, 2.05) is 12.1 Å². The van der Waals surface area contributed by atoms with Gasteiger partial charge in [-0.15, -0.1) is 0 Å². The van der Waals surface area contributed by atoms with Gasteiger partial charge in [0.2, 0.25) is 0 Å². The minimum atomic E-state index is -0.179. The zero-order valence-corrected chi connectivity index (χ0v) is 10.9. The van der Waals surface area contributed by atoms with Gasteiger partial charge in [-0.1, -0.05) is 23.9 Å². The largest absolute Gasteiger partial charge is 0.308 e. The van der Waals surface area contributed by atoms with E-state index in [1.54, 1.807) is 32.4 Å². The van der Waals surface area contributed by atoms with E-state index < -0.39 is 0 Å². The van der Waals surface area contributed by atoms with Gasteiger partial charge < -0.3 is 0 Å². The normalized spacial score (nSPS) is 10.6. The van der Waals surface area contributed by atoms with Gasteiger partial charge in [0.15, 0.2) is 10.3 Å². The molecule has 0 bridgehead atoms. The van der Waals surface area contributed by atoms with Crippen molar-refractivity contribution in [1.29, 1.82) is 0 Å². The number of halogens is 1. The van der Waals surface area contributed by atoms with Gasteiger partial charge >= 0.3 is 10.3 Å². The Labute approximate surface area is 100 Å². The molecule has 4 heteroatoms. The number of benzene rings is 1. The van der Waals surface area contributed by atoms with Crippen molar-refractivity contribution in [3.63, 3.8) is 0 Å². The minimum absolute atomic E-state index is 0.179. The lowest BCUT2D eigenvalue weighted by Gasteiger charge is -1.96. The van der Waals surface area contributed by atoms with Crippen LogP contribution in [0.2, 0.25) is 0 Å². The van der Waals surface area contributed by atoms with Crippen molar-refractivity contribution in [3.8, 4) is 10.4 Å². The number of hydrogen-bond donors (Lipinski definition) is 0. The maximum absolute atomic E-state index is 12.8. The monoisotopic (exact) mass is 257 g/mol. The lowest BCUT2D eigenvalue weighted by atomic mass is 10.1. The van der Waals surface area contributed by atoms with Gasteiger partial charge in [-0.05, 0) is 30.9 Å². The SMILES string of the molecule is CSc1[s+]sc(-c2ccc(F)cc2)c1C. The van der Waals surface area contributed by atoms with Crippen LogP contribution in [0.4, 0.5) is 4.39 Å². The smallest absolute Gasteiger partial charge is 0.207 e. The number of hydrogen-bond acceptors (Lipinski definition) is 2. The maximum Gasteiger partial charge on any atom is 0.308 e. The molecule has 0 radical (unpaired) electrons. The van der Waals surface area contributed by atoms with Crippen LogP contribution < -0.4 is 0 Å². The molecule has 0 aliphatic heterocycles. The van der Waals surface area contributed by atoms with E-state index in [0.717, 1.165) is 5.56 Å². The summed E-state index contributed by atoms with van der Waals surface area (Å²) in [4.78, 5) is 1.25. The summed E-state index contributed by atoms with van der Waals surface area (Å²) < 4.78 is 14.1. The first-order valence-electron chi connectivity index (χ1n) is 4.45. The Morgan fingerprint density at radius 1 is 1.27 bits per heavy atom. The number of rotatable bonds is 2. The molecule has 0 aliphatic rings. The van der Waals surface area contributed by atoms with Gasteiger partial charge in [0.1, 0.15) is 10.7 Å². The van der Waals surface area contributed by atoms with Gasteiger partial charge in [-0.2, -0.15) is 0 Å². The van der Waals surface area contributed by atoms with Gasteiger partial charge in [-0.25, -0.2) is 4.39 Å². The molecule has 1 heterocycles. The fourth-order valence-electron chi connectivity index (χ4n) is 1.35. The summed E-state index contributed by atoms with van der Waals surface area (Å²) in [6, 6.07) is 6.70. The summed E-state index contributed by atoms with van der Waals surface area (Å²) in [5.74, 6) is -0.179. The second kappa shape index (κ2) is 4.60. The third-order valence-electron chi connectivity index (χ3n) is 2.14. The van der Waals surface area contributed by atoms with Crippen LogP contribution in [-0.2, 0) is 0 Å². The highest BCUT2D eigenvalue weighted by Gasteiger charge is 2.20. The Hall–Kier alpha value is -0.450. The molecule has 15 heavy (non-hydrogen) atoms. The van der Waals surface area contributed by atoms with Gasteiger partial charge in [-0.3, -0.25) is 0 Å². The van der Waals surface area contributed by atoms with Crippen LogP contribution in [0.3, 0.4) is 0 Å². The van der Waals surface area contributed by atoms with Crippen molar-refractivity contribution in [2.45, 2.75) is 11.1 Å². The van der Waals surface area contributed by atoms with Gasteiger partial charge in [0.25, 0.3) is 4.21 Å². The highest BCUT2D eigenvalue weighted by atomic mass is 32.9. The van der Waals surface area contributed by atoms with E-state index in [1.165, 1.54) is 26.8 Å². The second-order valence-corrected chi connectivity index (χ2v) is 6.34. The topological polar surface area (TPSA) is 0 Å². The predicted octanol–water partition coefficient (Wildman–Crippen LogP) is 4.93. The predicted molar refractivity (Wildman–Crippen MR) is 68.5 cm³/mol. The van der Waals surface area contributed by atoms with Gasteiger partial charge in [0.05, 0.1) is 0 Å². The molecule has 0 saturated carbocycles. The summed E-state index contributed by atoms with van der Waals surface area (Å²) in [6.07, 6.45) is 2.08. The molecule has 1 aromatic heterocycles. The summed E-state index contributed by atoms with van der Waals surface area (Å²) in [5.41, 5.74) is 2.42. The average molecular weight is 257 g/mol. The van der Waals surface area contributed by atoms with Crippen LogP contribution in [0.5, 0.6) is 0 Å². The van der Waals surface area contributed by atoms with Crippen LogP contribution in [0.25, 0.3) is 10.4 Å². The highest BCUT2D eigenvalue weighted by Crippen LogP contribution is 2.40. The molecule has 0 N–H and O–H groups in total. The van der Waals surface area contributed by atoms with Crippen LogP contribution in [-0.4, -0.2) is 6.26 Å². The van der Waals surface area contributed by atoms with E-state index in [9.17, 15) is 4.39 Å². The first-order valence-corrected chi connectivity index (χ1v) is 7.82. The van der Waals surface area contributed by atoms with Crippen molar-refractivity contribution in [2.24, 2.45) is 0 Å². The zero-order valence-electron chi connectivity index (χ0n) is 8.41. The molecule has 1 aromatic carbocycles. The van der Waals surface area contributed by atoms with Crippen LogP contribution in [0.15, 0.2) is 28.5 Å². The quantitative estimate of drug-likeness (QED) is 0.418. The molecule has 0 nitrogen and oxygen atoms in total. The van der Waals surface area contributed by atoms with E-state index in [0.29, 0.717) is 0 Å². The Balaban J connectivity index is 2.45. The summed E-state index contributed by atoms with van der Waals surface area (Å²) in [7, 11) is 3.54. The lowest BCUT2D eigenvalue weighted by Crippen LogP contribution is -1.78. The fraction of sp³-hybridized carbons (Fsp3) is 0.182. The third-order valence-corrected chi connectivity index (χ3v) is 6.38. The van der Waals surface area contributed by atoms with E-state index in [2.05, 4.69) is 13.2 Å². The molecule has 78 valence electrons. The zero-order chi connectivity index (χ0) is 10.8. The maximum atomic E-state index is 12.8. The second-order valence-electron chi connectivity index (χ2n) is 3.12. The van der Waals surface area contributed by atoms with E-state index in [4.69, 9.17) is 0 Å². The van der Waals surface area contributed by atoms with Crippen molar-refractivity contribution in [3.05, 3.63) is 35.6 Å². The molecule has 0 unspecified atom stereocenters. The average Bonchev–Trinajstić information content (AvgIpc) is 2.61. The molecule has 2 aromatic rings. The molecule has 0 atom stereocenters. The Morgan fingerprint density at radius 3 is 2.47 bits per heavy atom. The molecule has 0 amide bonds. The molecule has 0 aliphatic carbocycles. The van der Waals surface area contributed by atoms with Crippen molar-refractivity contribution < 1.29 is 4.39 Å². The van der Waals surface area contributed by atoms with E-state index in [-0.39, 0.29) is 5.82 Å². The molecule has 0 fully saturated rings. The third kappa shape index (κ3) is 2.22. The van der Waals surface area contributed by atoms with E-state index >= 15 is 0 Å². The summed E-state index contributed by atoms with van der Waals surface area (Å²) in [5, 5.41) is 0. The molecule has 0 spiro atoms. The molecule has 2 rings (SSSR count). The Morgan fingerprint density at radius 2 is 1.93 bits per heavy atom. The van der Waals surface area contributed by atoms with Crippen molar-refractivity contribution in [2.75, 3.05) is 6.26 Å². The molecular formula is C11H10FS3+. The Bertz CT molecular complexity index is 459. The minimum Gasteiger partial charge on any atom is -0.207 e. The molecular weight excluding hydrogens is 247 g/mol. The first-order chi connectivity index (χ1) is 7.22. The van der Waals surface area contributed by atoms with Crippen LogP contribution in [0, 0.1) is 12.7 Å². The summed E-state index contributed by atoms with van der Waals surface area (Å²) in [6.45, 7) is 2.12. The Kier molecular flexibility index (Phi) is 3.38. The lowest BCUT2D eigenvalue weighted by molar-refractivity contribution is 0.628. The van der Waals surface area contributed by atoms with Gasteiger partial charge in [0, 0.05) is 5.56 Å². The first kappa shape index (κ1) is 11.0. The summed E-state index contributed by atoms with van der Waals surface area (Å²) >= 11 is 1.77. The van der Waals surface area contributed by atoms with Crippen LogP contribution >= 0.6 is 32.4 Å².